The number of hydrogen-bond donors (Lipinski definition) is 0. The molecule has 0 fully saturated rings. The first-order valence-corrected chi connectivity index (χ1v) is 10.0. The molecular formula is C15H39B7. The van der Waals surface area contributed by atoms with E-state index in [0.717, 1.165) is 5.92 Å². The summed E-state index contributed by atoms with van der Waals surface area (Å²) in [6.07, 6.45) is 12.6. The van der Waals surface area contributed by atoms with Gasteiger partial charge in [0.25, 0.3) is 0 Å². The van der Waals surface area contributed by atoms with Crippen molar-refractivity contribution in [2.75, 3.05) is 0 Å². The van der Waals surface area contributed by atoms with E-state index in [9.17, 15) is 0 Å². The minimum Gasteiger partial charge on any atom is -0.114 e. The summed E-state index contributed by atoms with van der Waals surface area (Å²) in [4.78, 5) is 0. The Morgan fingerprint density at radius 1 is 0.591 bits per heavy atom. The Bertz CT molecular complexity index is 279. The molecule has 0 N–H and O–H groups in total. The molecule has 1 atom stereocenters. The summed E-state index contributed by atoms with van der Waals surface area (Å²) >= 11 is 0. The second-order valence-corrected chi connectivity index (χ2v) is 9.74. The second-order valence-electron chi connectivity index (χ2n) is 9.74. The van der Waals surface area contributed by atoms with Gasteiger partial charge in [0.05, 0.1) is 47.1 Å². The Morgan fingerprint density at radius 3 is 1.32 bits per heavy atom. The van der Waals surface area contributed by atoms with E-state index in [4.69, 9.17) is 0 Å². The van der Waals surface area contributed by atoms with E-state index in [1.807, 2.05) is 0 Å². The highest BCUT2D eigenvalue weighted by molar-refractivity contribution is 6.69. The van der Waals surface area contributed by atoms with Gasteiger partial charge in [-0.3, -0.25) is 0 Å². The standard InChI is InChI=1S/C15H39B7/c1-3-5-7-9-11-12(10-8-6-4-2)13(16,14(17,18)19)15(20,21)22/h12H,3-11,16-22H2,1-2H3. The Labute approximate surface area is 148 Å². The van der Waals surface area contributed by atoms with Crippen LogP contribution in [-0.2, 0) is 0 Å². The topological polar surface area (TPSA) is 0 Å². The van der Waals surface area contributed by atoms with Crippen LogP contribution in [0, 0.1) is 5.92 Å². The maximum atomic E-state index is 2.59. The molecule has 0 spiro atoms. The summed E-state index contributed by atoms with van der Waals surface area (Å²) in [6, 6.07) is 0. The summed E-state index contributed by atoms with van der Waals surface area (Å²) in [5.74, 6) is 0.857. The van der Waals surface area contributed by atoms with Gasteiger partial charge < -0.3 is 0 Å². The first-order chi connectivity index (χ1) is 10.0. The molecule has 0 aliphatic rings. The van der Waals surface area contributed by atoms with Gasteiger partial charge in [0.1, 0.15) is 7.85 Å². The predicted molar refractivity (Wildman–Crippen MR) is 124 cm³/mol. The van der Waals surface area contributed by atoms with Crippen LogP contribution in [0.25, 0.3) is 0 Å². The van der Waals surface area contributed by atoms with E-state index >= 15 is 0 Å². The van der Waals surface area contributed by atoms with Crippen molar-refractivity contribution in [2.45, 2.75) is 87.2 Å². The zero-order valence-electron chi connectivity index (χ0n) is 17.4. The number of rotatable bonds is 12. The fourth-order valence-corrected chi connectivity index (χ4v) is 4.53. The molecule has 1 unspecified atom stereocenters. The highest BCUT2D eigenvalue weighted by Gasteiger charge is 2.49. The van der Waals surface area contributed by atoms with Crippen LogP contribution in [0.3, 0.4) is 0 Å². The molecule has 0 aliphatic carbocycles. The molecule has 0 rings (SSSR count). The van der Waals surface area contributed by atoms with Gasteiger partial charge in [-0.15, -0.1) is 10.2 Å². The van der Waals surface area contributed by atoms with E-state index < -0.39 is 0 Å². The Morgan fingerprint density at radius 2 is 0.955 bits per heavy atom. The van der Waals surface area contributed by atoms with Crippen molar-refractivity contribution in [2.24, 2.45) is 5.92 Å². The van der Waals surface area contributed by atoms with E-state index in [-0.39, 0.29) is 0 Å². The van der Waals surface area contributed by atoms with Crippen LogP contribution in [-0.4, -0.2) is 54.9 Å². The molecule has 0 aromatic heterocycles. The van der Waals surface area contributed by atoms with E-state index in [1.54, 1.807) is 0 Å². The molecule has 0 amide bonds. The average Bonchev–Trinajstić information content (AvgIpc) is 2.38. The Kier molecular flexibility index (Phi) is 9.88. The highest BCUT2D eigenvalue weighted by Crippen LogP contribution is 2.62. The molecule has 22 heavy (non-hydrogen) atoms. The monoisotopic (exact) mass is 296 g/mol. The second kappa shape index (κ2) is 9.68. The zero-order chi connectivity index (χ0) is 17.4. The quantitative estimate of drug-likeness (QED) is 0.316. The third kappa shape index (κ3) is 6.16. The molecule has 0 aliphatic heterocycles. The Hall–Kier alpha value is 0.455. The molecular weight excluding hydrogens is 256 g/mol. The van der Waals surface area contributed by atoms with Crippen LogP contribution in [0.15, 0.2) is 0 Å². The average molecular weight is 295 g/mol. The molecule has 0 heterocycles. The van der Waals surface area contributed by atoms with Crippen molar-refractivity contribution in [3.8, 4) is 0 Å². The van der Waals surface area contributed by atoms with E-state index in [1.165, 1.54) is 57.8 Å². The maximum absolute atomic E-state index is 2.59. The molecule has 0 nitrogen and oxygen atoms in total. The fraction of sp³-hybridized carbons (Fsp3) is 1.00. The summed E-state index contributed by atoms with van der Waals surface area (Å²) in [5.41, 5.74) is 0. The van der Waals surface area contributed by atoms with Crippen LogP contribution < -0.4 is 0 Å². The third-order valence-electron chi connectivity index (χ3n) is 6.49. The van der Waals surface area contributed by atoms with Crippen molar-refractivity contribution in [3.63, 3.8) is 0 Å². The first kappa shape index (κ1) is 22.5. The fourth-order valence-electron chi connectivity index (χ4n) is 4.53. The van der Waals surface area contributed by atoms with Gasteiger partial charge in [0, 0.05) is 0 Å². The Balaban J connectivity index is 5.19. The molecule has 0 aromatic rings. The molecule has 0 aromatic carbocycles. The van der Waals surface area contributed by atoms with Crippen molar-refractivity contribution in [1.82, 2.24) is 0 Å². The van der Waals surface area contributed by atoms with Gasteiger partial charge in [-0.1, -0.05) is 76.9 Å². The van der Waals surface area contributed by atoms with Gasteiger partial charge in [-0.25, -0.2) is 0 Å². The van der Waals surface area contributed by atoms with Crippen LogP contribution in [0.2, 0.25) is 15.5 Å². The van der Waals surface area contributed by atoms with Crippen molar-refractivity contribution >= 4 is 54.9 Å². The van der Waals surface area contributed by atoms with Crippen LogP contribution in [0.5, 0.6) is 0 Å². The maximum Gasteiger partial charge on any atom is 0.105 e. The van der Waals surface area contributed by atoms with Crippen LogP contribution in [0.4, 0.5) is 0 Å². The lowest BCUT2D eigenvalue weighted by Crippen LogP contribution is -2.48. The molecule has 7 heteroatoms. The van der Waals surface area contributed by atoms with Crippen LogP contribution >= 0.6 is 0 Å². The van der Waals surface area contributed by atoms with Crippen molar-refractivity contribution < 1.29 is 0 Å². The molecule has 0 saturated carbocycles. The van der Waals surface area contributed by atoms with Gasteiger partial charge >= 0.3 is 0 Å². The molecule has 120 valence electrons. The third-order valence-corrected chi connectivity index (χ3v) is 6.49. The minimum atomic E-state index is 0.354. The lowest BCUT2D eigenvalue weighted by Gasteiger charge is -2.58. The number of hydrogen-bond acceptors (Lipinski definition) is 0. The lowest BCUT2D eigenvalue weighted by molar-refractivity contribution is 0.293. The van der Waals surface area contributed by atoms with Gasteiger partial charge in [-0.05, 0) is 5.92 Å². The minimum absolute atomic E-state index is 0.354. The lowest BCUT2D eigenvalue weighted by atomic mass is 9.13. The SMILES string of the molecule is BC(B)(B)C(B)(C(CCCCC)CCCCCC)C(B)(B)B. The smallest absolute Gasteiger partial charge is 0.105 e. The normalized spacial score (nSPS) is 14.8. The molecule has 0 saturated heterocycles. The van der Waals surface area contributed by atoms with Gasteiger partial charge in [-0.2, -0.15) is 0 Å². The summed E-state index contributed by atoms with van der Waals surface area (Å²) in [6.45, 7) is 4.64. The molecule has 0 radical (unpaired) electrons. The first-order valence-electron chi connectivity index (χ1n) is 10.0. The molecule has 0 bridgehead atoms. The summed E-state index contributed by atoms with van der Waals surface area (Å²) in [5, 5.41) is 1.10. The highest BCUT2D eigenvalue weighted by atomic mass is 14.4. The zero-order valence-corrected chi connectivity index (χ0v) is 17.4. The van der Waals surface area contributed by atoms with Crippen molar-refractivity contribution in [1.29, 1.82) is 0 Å². The summed E-state index contributed by atoms with van der Waals surface area (Å²) < 4.78 is 0. The van der Waals surface area contributed by atoms with Gasteiger partial charge in [0.15, 0.2) is 0 Å². The van der Waals surface area contributed by atoms with Crippen molar-refractivity contribution in [3.05, 3.63) is 0 Å². The van der Waals surface area contributed by atoms with Gasteiger partial charge in [0.2, 0.25) is 0 Å². The number of unbranched alkanes of at least 4 members (excludes halogenated alkanes) is 5. The van der Waals surface area contributed by atoms with E-state index in [2.05, 4.69) is 68.8 Å². The summed E-state index contributed by atoms with van der Waals surface area (Å²) in [7, 11) is 17.4. The van der Waals surface area contributed by atoms with E-state index in [0.29, 0.717) is 15.5 Å². The predicted octanol–water partition coefficient (Wildman–Crippen LogP) is -1.11. The largest absolute Gasteiger partial charge is 0.114 e. The van der Waals surface area contributed by atoms with Crippen LogP contribution in [0.1, 0.15) is 71.6 Å².